The highest BCUT2D eigenvalue weighted by atomic mass is 79.9. The van der Waals surface area contributed by atoms with Crippen molar-refractivity contribution >= 4 is 21.9 Å². The van der Waals surface area contributed by atoms with Gasteiger partial charge in [0.15, 0.2) is 0 Å². The van der Waals surface area contributed by atoms with Crippen LogP contribution in [0.25, 0.3) is 0 Å². The van der Waals surface area contributed by atoms with E-state index in [2.05, 4.69) is 27.2 Å². The van der Waals surface area contributed by atoms with Gasteiger partial charge in [0.1, 0.15) is 0 Å². The Kier molecular flexibility index (Phi) is 5.20. The molecule has 0 N–H and O–H groups in total. The zero-order valence-electron chi connectivity index (χ0n) is 6.89. The fourth-order valence-corrected chi connectivity index (χ4v) is 0.848. The van der Waals surface area contributed by atoms with Crippen LogP contribution in [0.2, 0.25) is 0 Å². The zero-order chi connectivity index (χ0) is 8.85. The van der Waals surface area contributed by atoms with E-state index < -0.39 is 0 Å². The van der Waals surface area contributed by atoms with Crippen LogP contribution >= 0.6 is 15.9 Å². The lowest BCUT2D eigenvalue weighted by Gasteiger charge is -2.03. The van der Waals surface area contributed by atoms with Gasteiger partial charge in [0.2, 0.25) is 0 Å². The second-order valence-electron chi connectivity index (χ2n) is 2.41. The smallest absolute Gasteiger partial charge is 0.333 e. The second kappa shape index (κ2) is 5.35. The molecule has 0 fully saturated rings. The summed E-state index contributed by atoms with van der Waals surface area (Å²) in [5.74, 6) is -0.307. The van der Waals surface area contributed by atoms with Gasteiger partial charge >= 0.3 is 5.97 Å². The molecule has 64 valence electrons. The number of hydrogen-bond donors (Lipinski definition) is 0. The largest absolute Gasteiger partial charge is 0.466 e. The molecular weight excluding hydrogens is 208 g/mol. The Labute approximate surface area is 75.7 Å². The first-order chi connectivity index (χ1) is 5.07. The van der Waals surface area contributed by atoms with Gasteiger partial charge in [-0.1, -0.05) is 29.4 Å². The lowest BCUT2D eigenvalue weighted by molar-refractivity contribution is -0.136. The summed E-state index contributed by atoms with van der Waals surface area (Å²) in [5.41, 5.74) is 0.541. The Balaban J connectivity index is 3.61. The van der Waals surface area contributed by atoms with Gasteiger partial charge in [0.05, 0.1) is 7.11 Å². The highest BCUT2D eigenvalue weighted by Crippen LogP contribution is 2.11. The van der Waals surface area contributed by atoms with Crippen LogP contribution < -0.4 is 0 Å². The van der Waals surface area contributed by atoms with E-state index in [0.717, 1.165) is 6.42 Å². The summed E-state index contributed by atoms with van der Waals surface area (Å²) in [4.78, 5) is 11.2. The third-order valence-corrected chi connectivity index (χ3v) is 1.78. The first-order valence-electron chi connectivity index (χ1n) is 3.48. The SMILES string of the molecule is C=C(CCC(C)Br)C(=O)OC. The molecule has 0 radical (unpaired) electrons. The van der Waals surface area contributed by atoms with E-state index in [1.165, 1.54) is 7.11 Å². The summed E-state index contributed by atoms with van der Waals surface area (Å²) >= 11 is 3.38. The van der Waals surface area contributed by atoms with Gasteiger partial charge in [0.25, 0.3) is 0 Å². The minimum atomic E-state index is -0.307. The molecule has 0 bridgehead atoms. The number of esters is 1. The van der Waals surface area contributed by atoms with E-state index in [1.54, 1.807) is 0 Å². The van der Waals surface area contributed by atoms with Crippen molar-refractivity contribution in [1.82, 2.24) is 0 Å². The Morgan fingerprint density at radius 3 is 2.64 bits per heavy atom. The Hall–Kier alpha value is -0.310. The zero-order valence-corrected chi connectivity index (χ0v) is 8.48. The van der Waals surface area contributed by atoms with Crippen LogP contribution in [0.5, 0.6) is 0 Å². The van der Waals surface area contributed by atoms with Crippen molar-refractivity contribution in [2.75, 3.05) is 7.11 Å². The topological polar surface area (TPSA) is 26.3 Å². The van der Waals surface area contributed by atoms with Gasteiger partial charge in [0, 0.05) is 10.4 Å². The van der Waals surface area contributed by atoms with Gasteiger partial charge < -0.3 is 4.74 Å². The third kappa shape index (κ3) is 5.01. The fraction of sp³-hybridized carbons (Fsp3) is 0.625. The molecule has 0 rings (SSSR count). The number of halogens is 1. The first kappa shape index (κ1) is 10.7. The molecule has 0 aromatic heterocycles. The van der Waals surface area contributed by atoms with Gasteiger partial charge in [-0.15, -0.1) is 0 Å². The molecule has 0 saturated heterocycles. The highest BCUT2D eigenvalue weighted by molar-refractivity contribution is 9.09. The van der Waals surface area contributed by atoms with Crippen molar-refractivity contribution in [2.45, 2.75) is 24.6 Å². The van der Waals surface area contributed by atoms with Gasteiger partial charge in [-0.05, 0) is 12.8 Å². The predicted molar refractivity (Wildman–Crippen MR) is 48.8 cm³/mol. The van der Waals surface area contributed by atoms with E-state index in [-0.39, 0.29) is 5.97 Å². The van der Waals surface area contributed by atoms with Crippen LogP contribution in [0.1, 0.15) is 19.8 Å². The maximum Gasteiger partial charge on any atom is 0.333 e. The highest BCUT2D eigenvalue weighted by Gasteiger charge is 2.06. The molecule has 0 aliphatic carbocycles. The van der Waals surface area contributed by atoms with E-state index >= 15 is 0 Å². The van der Waals surface area contributed by atoms with Crippen molar-refractivity contribution in [3.8, 4) is 0 Å². The Bertz CT molecular complexity index is 152. The van der Waals surface area contributed by atoms with Crippen LogP contribution in [0.3, 0.4) is 0 Å². The van der Waals surface area contributed by atoms with Crippen LogP contribution in [-0.2, 0) is 9.53 Å². The summed E-state index contributed by atoms with van der Waals surface area (Å²) in [5, 5.41) is 0. The van der Waals surface area contributed by atoms with Crippen molar-refractivity contribution in [3.63, 3.8) is 0 Å². The summed E-state index contributed by atoms with van der Waals surface area (Å²) in [7, 11) is 1.37. The molecule has 0 saturated carbocycles. The normalized spacial score (nSPS) is 12.3. The van der Waals surface area contributed by atoms with Crippen molar-refractivity contribution < 1.29 is 9.53 Å². The molecule has 1 atom stereocenters. The molecule has 0 aromatic rings. The van der Waals surface area contributed by atoms with Gasteiger partial charge in [-0.3, -0.25) is 0 Å². The summed E-state index contributed by atoms with van der Waals surface area (Å²) in [6.45, 7) is 5.63. The summed E-state index contributed by atoms with van der Waals surface area (Å²) in [6.07, 6.45) is 1.60. The van der Waals surface area contributed by atoms with Crippen LogP contribution in [0.4, 0.5) is 0 Å². The van der Waals surface area contributed by atoms with Crippen molar-refractivity contribution in [2.24, 2.45) is 0 Å². The Morgan fingerprint density at radius 1 is 1.73 bits per heavy atom. The van der Waals surface area contributed by atoms with E-state index in [4.69, 9.17) is 0 Å². The lowest BCUT2D eigenvalue weighted by atomic mass is 10.1. The number of alkyl halides is 1. The minimum Gasteiger partial charge on any atom is -0.466 e. The molecule has 0 spiro atoms. The molecule has 11 heavy (non-hydrogen) atoms. The first-order valence-corrected chi connectivity index (χ1v) is 4.39. The van der Waals surface area contributed by atoms with Crippen LogP contribution in [0.15, 0.2) is 12.2 Å². The second-order valence-corrected chi connectivity index (χ2v) is 3.98. The van der Waals surface area contributed by atoms with E-state index in [0.29, 0.717) is 16.8 Å². The minimum absolute atomic E-state index is 0.307. The number of carbonyl (C=O) groups excluding carboxylic acids is 1. The molecular formula is C8H13BrO2. The molecule has 0 aromatic carbocycles. The standard InChI is InChI=1S/C8H13BrO2/c1-6(8(10)11-3)4-5-7(2)9/h7H,1,4-5H2,2-3H3. The summed E-state index contributed by atoms with van der Waals surface area (Å²) < 4.78 is 4.49. The van der Waals surface area contributed by atoms with Gasteiger partial charge in [-0.25, -0.2) is 4.79 Å². The molecule has 0 amide bonds. The third-order valence-electron chi connectivity index (χ3n) is 1.32. The maximum atomic E-state index is 10.8. The molecule has 0 aliphatic rings. The van der Waals surface area contributed by atoms with Gasteiger partial charge in [-0.2, -0.15) is 0 Å². The average molecular weight is 221 g/mol. The summed E-state index contributed by atoms with van der Waals surface area (Å²) in [6, 6.07) is 0. The molecule has 0 heterocycles. The molecule has 1 unspecified atom stereocenters. The van der Waals surface area contributed by atoms with Crippen LogP contribution in [0, 0.1) is 0 Å². The van der Waals surface area contributed by atoms with Crippen LogP contribution in [-0.4, -0.2) is 17.9 Å². The number of rotatable bonds is 4. The molecule has 0 aliphatic heterocycles. The lowest BCUT2D eigenvalue weighted by Crippen LogP contribution is -2.04. The predicted octanol–water partition coefficient (Wildman–Crippen LogP) is 2.28. The maximum absolute atomic E-state index is 10.8. The molecule has 3 heteroatoms. The number of ether oxygens (including phenoxy) is 1. The quantitative estimate of drug-likeness (QED) is 0.413. The fourth-order valence-electron chi connectivity index (χ4n) is 0.620. The average Bonchev–Trinajstić information content (AvgIpc) is 1.98. The molecule has 2 nitrogen and oxygen atoms in total. The number of carbonyl (C=O) groups is 1. The number of hydrogen-bond acceptors (Lipinski definition) is 2. The van der Waals surface area contributed by atoms with Crippen molar-refractivity contribution in [1.29, 1.82) is 0 Å². The monoisotopic (exact) mass is 220 g/mol. The number of methoxy groups -OCH3 is 1. The Morgan fingerprint density at radius 2 is 2.27 bits per heavy atom. The van der Waals surface area contributed by atoms with Crippen molar-refractivity contribution in [3.05, 3.63) is 12.2 Å². The van der Waals surface area contributed by atoms with E-state index in [1.807, 2.05) is 6.92 Å². The van der Waals surface area contributed by atoms with E-state index in [9.17, 15) is 4.79 Å².